The third-order valence-electron chi connectivity index (χ3n) is 2.62. The van der Waals surface area contributed by atoms with E-state index in [0.717, 1.165) is 16.9 Å². The monoisotopic (exact) mass is 277 g/mol. The molecule has 0 aliphatic carbocycles. The number of aryl methyl sites for hydroxylation is 1. The van der Waals surface area contributed by atoms with Crippen LogP contribution in [0.5, 0.6) is 0 Å². The van der Waals surface area contributed by atoms with Crippen molar-refractivity contribution in [3.63, 3.8) is 0 Å². The summed E-state index contributed by atoms with van der Waals surface area (Å²) in [5, 5.41) is 4.02. The Morgan fingerprint density at radius 3 is 2.68 bits per heavy atom. The molecule has 1 aromatic carbocycles. The maximum Gasteiger partial charge on any atom is 0.260 e. The quantitative estimate of drug-likeness (QED) is 0.867. The Bertz CT molecular complexity index is 552. The molecule has 0 aliphatic rings. The van der Waals surface area contributed by atoms with Crippen molar-refractivity contribution >= 4 is 17.4 Å². The highest BCUT2D eigenvalue weighted by molar-refractivity contribution is 7.99. The molecule has 1 aromatic heterocycles. The third kappa shape index (κ3) is 3.50. The summed E-state index contributed by atoms with van der Waals surface area (Å²) in [4.78, 5) is 4.43. The first-order valence-corrected chi connectivity index (χ1v) is 7.17. The smallest absolute Gasteiger partial charge is 0.260 e. The molecule has 2 N–H and O–H groups in total. The summed E-state index contributed by atoms with van der Waals surface area (Å²) in [6.45, 7) is 8.48. The van der Waals surface area contributed by atoms with Crippen molar-refractivity contribution in [3.8, 4) is 11.5 Å². The molecule has 0 aliphatic heterocycles. The average Bonchev–Trinajstić information content (AvgIpc) is 2.74. The summed E-state index contributed by atoms with van der Waals surface area (Å²) >= 11 is 1.79. The Morgan fingerprint density at radius 1 is 1.32 bits per heavy atom. The molecule has 0 bridgehead atoms. The SMILES string of the molecule is Cc1cccc(N)c1-c1nc(CSC(C)(C)C)no1. The van der Waals surface area contributed by atoms with Crippen LogP contribution in [0.1, 0.15) is 32.2 Å². The fourth-order valence-corrected chi connectivity index (χ4v) is 2.36. The number of benzene rings is 1. The third-order valence-corrected chi connectivity index (χ3v) is 3.89. The maximum absolute atomic E-state index is 5.97. The molecule has 2 rings (SSSR count). The Morgan fingerprint density at radius 2 is 2.05 bits per heavy atom. The van der Waals surface area contributed by atoms with E-state index in [2.05, 4.69) is 30.9 Å². The number of aromatic nitrogens is 2. The van der Waals surface area contributed by atoms with Gasteiger partial charge in [0.25, 0.3) is 5.89 Å². The van der Waals surface area contributed by atoms with Gasteiger partial charge in [-0.1, -0.05) is 38.1 Å². The second-order valence-electron chi connectivity index (χ2n) is 5.46. The number of rotatable bonds is 3. The van der Waals surface area contributed by atoms with E-state index in [1.165, 1.54) is 0 Å². The lowest BCUT2D eigenvalue weighted by atomic mass is 10.1. The van der Waals surface area contributed by atoms with Crippen LogP contribution in [0.4, 0.5) is 5.69 Å². The molecule has 0 spiro atoms. The molecule has 0 atom stereocenters. The minimum atomic E-state index is 0.183. The molecule has 5 heteroatoms. The van der Waals surface area contributed by atoms with Crippen molar-refractivity contribution in [3.05, 3.63) is 29.6 Å². The van der Waals surface area contributed by atoms with Crippen molar-refractivity contribution in [2.24, 2.45) is 0 Å². The number of nitrogen functional groups attached to an aromatic ring is 1. The zero-order valence-electron chi connectivity index (χ0n) is 11.7. The summed E-state index contributed by atoms with van der Waals surface area (Å²) in [5.74, 6) is 1.94. The summed E-state index contributed by atoms with van der Waals surface area (Å²) in [7, 11) is 0. The highest BCUT2D eigenvalue weighted by atomic mass is 32.2. The normalized spacial score (nSPS) is 11.8. The number of hydrogen-bond acceptors (Lipinski definition) is 5. The fraction of sp³-hybridized carbons (Fsp3) is 0.429. The van der Waals surface area contributed by atoms with Gasteiger partial charge in [-0.3, -0.25) is 0 Å². The van der Waals surface area contributed by atoms with Crippen molar-refractivity contribution in [1.29, 1.82) is 0 Å². The highest BCUT2D eigenvalue weighted by Gasteiger charge is 2.16. The summed E-state index contributed by atoms with van der Waals surface area (Å²) in [6.07, 6.45) is 0. The maximum atomic E-state index is 5.97. The molecule has 4 nitrogen and oxygen atoms in total. The van der Waals surface area contributed by atoms with E-state index in [4.69, 9.17) is 10.3 Å². The van der Waals surface area contributed by atoms with E-state index in [1.807, 2.05) is 25.1 Å². The zero-order chi connectivity index (χ0) is 14.0. The van der Waals surface area contributed by atoms with Gasteiger partial charge in [-0.15, -0.1) is 11.8 Å². The number of thioether (sulfide) groups is 1. The number of nitrogens with two attached hydrogens (primary N) is 1. The fourth-order valence-electron chi connectivity index (χ4n) is 1.68. The first kappa shape index (κ1) is 13.9. The molecule has 0 fully saturated rings. The summed E-state index contributed by atoms with van der Waals surface area (Å²) in [6, 6.07) is 5.75. The van der Waals surface area contributed by atoms with Crippen LogP contribution in [-0.2, 0) is 5.75 Å². The van der Waals surface area contributed by atoms with Crippen LogP contribution in [-0.4, -0.2) is 14.9 Å². The van der Waals surface area contributed by atoms with Gasteiger partial charge >= 0.3 is 0 Å². The van der Waals surface area contributed by atoms with Crippen molar-refractivity contribution < 1.29 is 4.52 Å². The Balaban J connectivity index is 2.22. The van der Waals surface area contributed by atoms with E-state index >= 15 is 0 Å². The molecule has 2 aromatic rings. The molecule has 1 heterocycles. The van der Waals surface area contributed by atoms with Gasteiger partial charge in [0, 0.05) is 10.4 Å². The van der Waals surface area contributed by atoms with Crippen LogP contribution >= 0.6 is 11.8 Å². The van der Waals surface area contributed by atoms with Gasteiger partial charge in [0.15, 0.2) is 5.82 Å². The second-order valence-corrected chi connectivity index (χ2v) is 7.26. The van der Waals surface area contributed by atoms with Gasteiger partial charge in [0.1, 0.15) is 0 Å². The van der Waals surface area contributed by atoms with Crippen LogP contribution < -0.4 is 5.73 Å². The Labute approximate surface area is 117 Å². The Hall–Kier alpha value is -1.49. The number of hydrogen-bond donors (Lipinski definition) is 1. The minimum Gasteiger partial charge on any atom is -0.398 e. The topological polar surface area (TPSA) is 64.9 Å². The summed E-state index contributed by atoms with van der Waals surface area (Å²) < 4.78 is 5.51. The van der Waals surface area contributed by atoms with Crippen molar-refractivity contribution in [2.75, 3.05) is 5.73 Å². The molecular formula is C14H19N3OS. The van der Waals surface area contributed by atoms with E-state index < -0.39 is 0 Å². The first-order valence-electron chi connectivity index (χ1n) is 6.19. The molecule has 0 amide bonds. The molecule has 0 saturated heterocycles. The van der Waals surface area contributed by atoms with Gasteiger partial charge in [0.2, 0.25) is 0 Å². The first-order chi connectivity index (χ1) is 8.87. The highest BCUT2D eigenvalue weighted by Crippen LogP contribution is 2.30. The predicted molar refractivity (Wildman–Crippen MR) is 79.9 cm³/mol. The van der Waals surface area contributed by atoms with Crippen LogP contribution in [0.25, 0.3) is 11.5 Å². The van der Waals surface area contributed by atoms with Crippen molar-refractivity contribution in [2.45, 2.75) is 38.2 Å². The summed E-state index contributed by atoms with van der Waals surface area (Å²) in [5.41, 5.74) is 8.51. The van der Waals surface area contributed by atoms with Crippen LogP contribution in [0.2, 0.25) is 0 Å². The lowest BCUT2D eigenvalue weighted by Gasteiger charge is -2.15. The molecule has 0 saturated carbocycles. The molecule has 0 radical (unpaired) electrons. The Kier molecular flexibility index (Phi) is 3.85. The van der Waals surface area contributed by atoms with Crippen molar-refractivity contribution in [1.82, 2.24) is 10.1 Å². The van der Waals surface area contributed by atoms with E-state index in [-0.39, 0.29) is 4.75 Å². The van der Waals surface area contributed by atoms with E-state index in [0.29, 0.717) is 17.4 Å². The number of nitrogens with zero attached hydrogens (tertiary/aromatic N) is 2. The molecule has 0 unspecified atom stereocenters. The second kappa shape index (κ2) is 5.25. The molecule has 19 heavy (non-hydrogen) atoms. The molecule has 102 valence electrons. The van der Waals surface area contributed by atoms with Gasteiger partial charge in [-0.25, -0.2) is 0 Å². The zero-order valence-corrected chi connectivity index (χ0v) is 12.5. The van der Waals surface area contributed by atoms with Gasteiger partial charge in [-0.2, -0.15) is 4.98 Å². The lowest BCUT2D eigenvalue weighted by Crippen LogP contribution is -2.07. The standard InChI is InChI=1S/C14H19N3OS/c1-9-6-5-7-10(15)12(9)13-16-11(17-18-13)8-19-14(2,3)4/h5-7H,8,15H2,1-4H3. The lowest BCUT2D eigenvalue weighted by molar-refractivity contribution is 0.425. The van der Waals surface area contributed by atoms with E-state index in [9.17, 15) is 0 Å². The predicted octanol–water partition coefficient (Wildman–Crippen LogP) is 3.66. The average molecular weight is 277 g/mol. The van der Waals surface area contributed by atoms with Gasteiger partial charge < -0.3 is 10.3 Å². The largest absolute Gasteiger partial charge is 0.398 e. The van der Waals surface area contributed by atoms with Crippen LogP contribution in [0.15, 0.2) is 22.7 Å². The van der Waals surface area contributed by atoms with Gasteiger partial charge in [-0.05, 0) is 18.6 Å². The van der Waals surface area contributed by atoms with E-state index in [1.54, 1.807) is 11.8 Å². The van der Waals surface area contributed by atoms with Crippen LogP contribution in [0, 0.1) is 6.92 Å². The van der Waals surface area contributed by atoms with Gasteiger partial charge in [0.05, 0.1) is 11.3 Å². The molecular weight excluding hydrogens is 258 g/mol. The van der Waals surface area contributed by atoms with Crippen LogP contribution in [0.3, 0.4) is 0 Å². The minimum absolute atomic E-state index is 0.183. The number of anilines is 1.